The zero-order valence-electron chi connectivity index (χ0n) is 16.6. The second kappa shape index (κ2) is 9.17. The highest BCUT2D eigenvalue weighted by Crippen LogP contribution is 2.28. The summed E-state index contributed by atoms with van der Waals surface area (Å²) in [5, 5.41) is 14.8. The van der Waals surface area contributed by atoms with Gasteiger partial charge in [0.2, 0.25) is 17.6 Å². The highest BCUT2D eigenvalue weighted by atomic mass is 32.2. The number of carbonyl (C=O) groups excluding carboxylic acids is 2. The van der Waals surface area contributed by atoms with Gasteiger partial charge in [-0.1, -0.05) is 23.9 Å². The molecule has 2 amide bonds. The fourth-order valence-corrected chi connectivity index (χ4v) is 4.13. The molecule has 3 aromatic rings. The van der Waals surface area contributed by atoms with Crippen molar-refractivity contribution in [3.05, 3.63) is 48.2 Å². The molecule has 1 aliphatic rings. The van der Waals surface area contributed by atoms with Gasteiger partial charge in [-0.3, -0.25) is 14.2 Å². The Balaban J connectivity index is 1.53. The number of benzene rings is 1. The number of hydrogen-bond donors (Lipinski definition) is 2. The van der Waals surface area contributed by atoms with Crippen molar-refractivity contribution >= 4 is 23.6 Å². The second-order valence-electron chi connectivity index (χ2n) is 7.15. The Bertz CT molecular complexity index is 1030. The first-order valence-electron chi connectivity index (χ1n) is 9.88. The van der Waals surface area contributed by atoms with Crippen molar-refractivity contribution in [1.29, 1.82) is 0 Å². The van der Waals surface area contributed by atoms with Crippen LogP contribution in [0.4, 0.5) is 0 Å². The van der Waals surface area contributed by atoms with Crippen LogP contribution in [0.15, 0.2) is 52.2 Å². The Kier molecular flexibility index (Phi) is 6.18. The van der Waals surface area contributed by atoms with E-state index in [1.807, 2.05) is 41.8 Å². The average molecular weight is 426 g/mol. The first-order chi connectivity index (χ1) is 14.6. The van der Waals surface area contributed by atoms with E-state index in [0.717, 1.165) is 24.1 Å². The van der Waals surface area contributed by atoms with Gasteiger partial charge >= 0.3 is 0 Å². The lowest BCUT2D eigenvalue weighted by Crippen LogP contribution is -2.46. The van der Waals surface area contributed by atoms with Crippen LogP contribution in [0.1, 0.15) is 24.8 Å². The molecule has 8 nitrogen and oxygen atoms in total. The summed E-state index contributed by atoms with van der Waals surface area (Å²) < 4.78 is 7.40. The molecule has 0 spiro atoms. The average Bonchev–Trinajstić information content (AvgIpc) is 3.36. The second-order valence-corrected chi connectivity index (χ2v) is 8.10. The molecule has 30 heavy (non-hydrogen) atoms. The molecule has 1 aliphatic heterocycles. The van der Waals surface area contributed by atoms with Crippen LogP contribution in [0.2, 0.25) is 0 Å². The molecule has 1 saturated heterocycles. The summed E-state index contributed by atoms with van der Waals surface area (Å²) in [6.45, 7) is 2.67. The molecule has 4 rings (SSSR count). The van der Waals surface area contributed by atoms with E-state index >= 15 is 0 Å². The fraction of sp³-hybridized carbons (Fsp3) is 0.333. The number of nitrogens with zero attached hydrogens (tertiary/aromatic N) is 3. The smallest absolute Gasteiger partial charge is 0.242 e. The van der Waals surface area contributed by atoms with Crippen molar-refractivity contribution in [2.24, 2.45) is 0 Å². The van der Waals surface area contributed by atoms with Gasteiger partial charge in [0.1, 0.15) is 6.04 Å². The molecule has 1 fully saturated rings. The number of carbonyl (C=O) groups is 2. The van der Waals surface area contributed by atoms with E-state index in [1.165, 1.54) is 11.8 Å². The number of aromatic nitrogens is 3. The van der Waals surface area contributed by atoms with Crippen molar-refractivity contribution in [2.75, 3.05) is 12.3 Å². The Morgan fingerprint density at radius 2 is 2.20 bits per heavy atom. The molecule has 2 aromatic heterocycles. The van der Waals surface area contributed by atoms with Crippen LogP contribution in [-0.4, -0.2) is 44.9 Å². The van der Waals surface area contributed by atoms with Gasteiger partial charge in [-0.05, 0) is 56.0 Å². The molecule has 0 radical (unpaired) electrons. The van der Waals surface area contributed by atoms with Gasteiger partial charge in [-0.25, -0.2) is 0 Å². The lowest BCUT2D eigenvalue weighted by Gasteiger charge is -2.15. The van der Waals surface area contributed by atoms with Crippen LogP contribution in [0, 0.1) is 6.92 Å². The van der Waals surface area contributed by atoms with Gasteiger partial charge in [0.15, 0.2) is 10.9 Å². The van der Waals surface area contributed by atoms with Crippen LogP contribution in [-0.2, 0) is 9.59 Å². The lowest BCUT2D eigenvalue weighted by molar-refractivity contribution is -0.127. The van der Waals surface area contributed by atoms with Gasteiger partial charge in [0.25, 0.3) is 0 Å². The molecular weight excluding hydrogens is 402 g/mol. The minimum atomic E-state index is -0.478. The van der Waals surface area contributed by atoms with Crippen molar-refractivity contribution in [1.82, 2.24) is 25.4 Å². The fourth-order valence-electron chi connectivity index (χ4n) is 3.37. The van der Waals surface area contributed by atoms with Gasteiger partial charge in [0.05, 0.1) is 17.7 Å². The highest BCUT2D eigenvalue weighted by Gasteiger charge is 2.23. The summed E-state index contributed by atoms with van der Waals surface area (Å²) in [6, 6.07) is 11.1. The molecule has 1 unspecified atom stereocenters. The molecule has 0 saturated carbocycles. The molecule has 9 heteroatoms. The van der Waals surface area contributed by atoms with E-state index in [1.54, 1.807) is 12.3 Å². The van der Waals surface area contributed by atoms with Crippen LogP contribution >= 0.6 is 11.8 Å². The van der Waals surface area contributed by atoms with E-state index in [4.69, 9.17) is 4.42 Å². The molecule has 1 aromatic carbocycles. The van der Waals surface area contributed by atoms with E-state index in [9.17, 15) is 9.59 Å². The molecular formula is C21H23N5O3S. The lowest BCUT2D eigenvalue weighted by atomic mass is 10.1. The maximum absolute atomic E-state index is 12.5. The number of furan rings is 1. The van der Waals surface area contributed by atoms with Gasteiger partial charge in [-0.15, -0.1) is 10.2 Å². The van der Waals surface area contributed by atoms with Crippen LogP contribution in [0.3, 0.4) is 0 Å². The normalized spacial score (nSPS) is 16.7. The third-order valence-electron chi connectivity index (χ3n) is 4.84. The Morgan fingerprint density at radius 3 is 3.00 bits per heavy atom. The first-order valence-corrected chi connectivity index (χ1v) is 10.9. The summed E-state index contributed by atoms with van der Waals surface area (Å²) in [4.78, 5) is 24.6. The predicted octanol–water partition coefficient (Wildman–Crippen LogP) is 2.71. The number of thioether (sulfide) groups is 1. The highest BCUT2D eigenvalue weighted by molar-refractivity contribution is 7.99. The standard InChI is InChI=1S/C21H23N5O3S/c1-14-6-4-7-15(12-14)26-19(17-9-5-11-29-17)24-25-21(26)30-13-18(27)23-16-8-2-3-10-22-20(16)28/h4-7,9,11-12,16H,2-3,8,10,13H2,1H3,(H,22,28)(H,23,27). The zero-order chi connectivity index (χ0) is 20.9. The van der Waals surface area contributed by atoms with Crippen molar-refractivity contribution < 1.29 is 14.0 Å². The maximum Gasteiger partial charge on any atom is 0.242 e. The summed E-state index contributed by atoms with van der Waals surface area (Å²) in [6.07, 6.45) is 4.08. The number of aryl methyl sites for hydroxylation is 1. The van der Waals surface area contributed by atoms with E-state index in [-0.39, 0.29) is 17.6 Å². The van der Waals surface area contributed by atoms with Crippen molar-refractivity contribution in [3.8, 4) is 17.3 Å². The molecule has 1 atom stereocenters. The number of amides is 2. The summed E-state index contributed by atoms with van der Waals surface area (Å²) >= 11 is 1.27. The number of nitrogens with one attached hydrogen (secondary N) is 2. The van der Waals surface area contributed by atoms with Gasteiger partial charge in [0, 0.05) is 6.54 Å². The van der Waals surface area contributed by atoms with E-state index in [0.29, 0.717) is 29.7 Å². The largest absolute Gasteiger partial charge is 0.461 e. The predicted molar refractivity (Wildman–Crippen MR) is 113 cm³/mol. The van der Waals surface area contributed by atoms with Crippen molar-refractivity contribution in [3.63, 3.8) is 0 Å². The molecule has 2 N–H and O–H groups in total. The zero-order valence-corrected chi connectivity index (χ0v) is 17.4. The minimum Gasteiger partial charge on any atom is -0.461 e. The molecule has 0 aliphatic carbocycles. The van der Waals surface area contributed by atoms with Gasteiger partial charge < -0.3 is 15.1 Å². The molecule has 0 bridgehead atoms. The minimum absolute atomic E-state index is 0.117. The SMILES string of the molecule is Cc1cccc(-n2c(SCC(=O)NC3CCCCNC3=O)nnc2-c2ccco2)c1. The molecule has 156 valence electrons. The quantitative estimate of drug-likeness (QED) is 0.589. The van der Waals surface area contributed by atoms with Gasteiger partial charge in [-0.2, -0.15) is 0 Å². The molecule has 3 heterocycles. The summed E-state index contributed by atoms with van der Waals surface area (Å²) in [7, 11) is 0. The number of hydrogen-bond acceptors (Lipinski definition) is 6. The number of rotatable bonds is 6. The topological polar surface area (TPSA) is 102 Å². The van der Waals surface area contributed by atoms with Crippen LogP contribution in [0.25, 0.3) is 17.3 Å². The summed E-state index contributed by atoms with van der Waals surface area (Å²) in [5.74, 6) is 0.965. The Morgan fingerprint density at radius 1 is 1.30 bits per heavy atom. The van der Waals surface area contributed by atoms with E-state index < -0.39 is 6.04 Å². The first kappa shape index (κ1) is 20.2. The van der Waals surface area contributed by atoms with Crippen LogP contribution in [0.5, 0.6) is 0 Å². The summed E-state index contributed by atoms with van der Waals surface area (Å²) in [5.41, 5.74) is 1.98. The van der Waals surface area contributed by atoms with Crippen LogP contribution < -0.4 is 10.6 Å². The Labute approximate surface area is 178 Å². The maximum atomic E-state index is 12.5. The monoisotopic (exact) mass is 425 g/mol. The third-order valence-corrected chi connectivity index (χ3v) is 5.77. The van der Waals surface area contributed by atoms with E-state index in [2.05, 4.69) is 20.8 Å². The third kappa shape index (κ3) is 4.56. The Hall–Kier alpha value is -3.07. The van der Waals surface area contributed by atoms with Crippen molar-refractivity contribution in [2.45, 2.75) is 37.4 Å².